The number of aromatic carboxylic acids is 1. The van der Waals surface area contributed by atoms with Crippen molar-refractivity contribution >= 4 is 16.7 Å². The van der Waals surface area contributed by atoms with E-state index in [9.17, 15) is 9.90 Å². The van der Waals surface area contributed by atoms with E-state index in [1.54, 1.807) is 25.3 Å². The van der Waals surface area contributed by atoms with E-state index in [0.717, 1.165) is 16.5 Å². The Balaban J connectivity index is 0.00000128. The van der Waals surface area contributed by atoms with Crippen LogP contribution in [0.2, 0.25) is 0 Å². The van der Waals surface area contributed by atoms with Gasteiger partial charge in [0.2, 0.25) is 0 Å². The number of ether oxygens (including phenoxy) is 1. The molecule has 2 aromatic carbocycles. The summed E-state index contributed by atoms with van der Waals surface area (Å²) in [5, 5.41) is 12.4. The molecule has 0 spiro atoms. The molecule has 2 aromatic rings. The first-order valence-electron chi connectivity index (χ1n) is 4.50. The first-order valence-corrected chi connectivity index (χ1v) is 4.50. The van der Waals surface area contributed by atoms with Gasteiger partial charge in [0.05, 0.1) is 13.1 Å². The van der Waals surface area contributed by atoms with E-state index in [-0.39, 0.29) is 24.4 Å². The quantitative estimate of drug-likeness (QED) is 0.548. The first kappa shape index (κ1) is 12.6. The summed E-state index contributed by atoms with van der Waals surface area (Å²) >= 11 is 0. The number of hydrogen-bond acceptors (Lipinski definition) is 3. The largest absolute Gasteiger partial charge is 1.00 e. The number of fused-ring (bicyclic) bond motifs is 1. The SMILES string of the molecule is COc1ccc2cc(C(=O)[O-])ccc2c1.[Li+]. The molecule has 0 saturated heterocycles. The molecule has 0 aromatic heterocycles. The molecule has 0 amide bonds. The maximum atomic E-state index is 10.6. The van der Waals surface area contributed by atoms with Crippen LogP contribution >= 0.6 is 0 Å². The summed E-state index contributed by atoms with van der Waals surface area (Å²) in [4.78, 5) is 10.6. The van der Waals surface area contributed by atoms with E-state index in [0.29, 0.717) is 0 Å². The Hall–Kier alpha value is -1.43. The van der Waals surface area contributed by atoms with E-state index in [2.05, 4.69) is 0 Å². The van der Waals surface area contributed by atoms with Crippen molar-refractivity contribution in [2.45, 2.75) is 0 Å². The second kappa shape index (κ2) is 5.07. The minimum Gasteiger partial charge on any atom is -0.545 e. The van der Waals surface area contributed by atoms with Gasteiger partial charge in [0.1, 0.15) is 5.75 Å². The molecule has 0 saturated carbocycles. The molecular formula is C12H9LiO3. The average molecular weight is 208 g/mol. The number of carboxylic acid groups (broad SMARTS) is 1. The fourth-order valence-corrected chi connectivity index (χ4v) is 1.48. The van der Waals surface area contributed by atoms with Crippen LogP contribution in [-0.4, -0.2) is 13.1 Å². The molecule has 0 aliphatic rings. The van der Waals surface area contributed by atoms with Gasteiger partial charge in [-0.15, -0.1) is 0 Å². The van der Waals surface area contributed by atoms with Crippen LogP contribution in [0.15, 0.2) is 36.4 Å². The molecule has 0 aliphatic carbocycles. The van der Waals surface area contributed by atoms with Gasteiger partial charge in [-0.3, -0.25) is 0 Å². The number of carbonyl (C=O) groups excluding carboxylic acids is 1. The Morgan fingerprint density at radius 1 is 1.12 bits per heavy atom. The van der Waals surface area contributed by atoms with E-state index < -0.39 is 5.97 Å². The minimum atomic E-state index is -1.16. The van der Waals surface area contributed by atoms with Crippen LogP contribution in [0.1, 0.15) is 10.4 Å². The van der Waals surface area contributed by atoms with Gasteiger partial charge in [0.15, 0.2) is 0 Å². The van der Waals surface area contributed by atoms with E-state index in [1.165, 1.54) is 6.07 Å². The standard InChI is InChI=1S/C12H10O3.Li/c1-15-11-5-4-8-6-10(12(13)14)3-2-9(8)7-11;/h2-7H,1H3,(H,13,14);/q;+1/p-1. The van der Waals surface area contributed by atoms with E-state index in [4.69, 9.17) is 4.74 Å². The second-order valence-corrected chi connectivity index (χ2v) is 3.22. The van der Waals surface area contributed by atoms with Crippen molar-refractivity contribution in [1.82, 2.24) is 0 Å². The molecule has 16 heavy (non-hydrogen) atoms. The summed E-state index contributed by atoms with van der Waals surface area (Å²) in [7, 11) is 1.59. The van der Waals surface area contributed by atoms with Crippen molar-refractivity contribution in [2.24, 2.45) is 0 Å². The summed E-state index contributed by atoms with van der Waals surface area (Å²) in [5.41, 5.74) is 0.188. The smallest absolute Gasteiger partial charge is 0.545 e. The van der Waals surface area contributed by atoms with Crippen LogP contribution in [-0.2, 0) is 0 Å². The summed E-state index contributed by atoms with van der Waals surface area (Å²) < 4.78 is 5.07. The van der Waals surface area contributed by atoms with Gasteiger partial charge in [0.25, 0.3) is 0 Å². The topological polar surface area (TPSA) is 49.4 Å². The number of benzene rings is 2. The van der Waals surface area contributed by atoms with Crippen LogP contribution in [0.4, 0.5) is 0 Å². The van der Waals surface area contributed by atoms with Gasteiger partial charge in [0, 0.05) is 0 Å². The van der Waals surface area contributed by atoms with Crippen LogP contribution < -0.4 is 28.7 Å². The molecule has 0 fully saturated rings. The molecule has 0 heterocycles. The van der Waals surface area contributed by atoms with E-state index >= 15 is 0 Å². The van der Waals surface area contributed by atoms with Crippen molar-refractivity contribution in [1.29, 1.82) is 0 Å². The van der Waals surface area contributed by atoms with Crippen molar-refractivity contribution in [3.8, 4) is 5.75 Å². The van der Waals surface area contributed by atoms with Crippen LogP contribution in [0, 0.1) is 0 Å². The van der Waals surface area contributed by atoms with Crippen LogP contribution in [0.5, 0.6) is 5.75 Å². The molecule has 2 rings (SSSR count). The summed E-state index contributed by atoms with van der Waals surface area (Å²) in [6.07, 6.45) is 0. The Labute approximate surface area is 105 Å². The molecule has 0 bridgehead atoms. The maximum absolute atomic E-state index is 10.6. The molecule has 0 N–H and O–H groups in total. The zero-order chi connectivity index (χ0) is 10.8. The normalized spacial score (nSPS) is 9.56. The fraction of sp³-hybridized carbons (Fsp3) is 0.0833. The minimum absolute atomic E-state index is 0. The zero-order valence-corrected chi connectivity index (χ0v) is 9.19. The van der Waals surface area contributed by atoms with Crippen LogP contribution in [0.3, 0.4) is 0 Å². The number of rotatable bonds is 2. The predicted octanol–water partition coefficient (Wildman–Crippen LogP) is -1.78. The molecular weight excluding hydrogens is 199 g/mol. The molecule has 3 nitrogen and oxygen atoms in total. The molecule has 0 unspecified atom stereocenters. The number of carboxylic acids is 1. The number of carbonyl (C=O) groups is 1. The van der Waals surface area contributed by atoms with Crippen LogP contribution in [0.25, 0.3) is 10.8 Å². The Morgan fingerprint density at radius 3 is 2.38 bits per heavy atom. The maximum Gasteiger partial charge on any atom is 1.00 e. The number of methoxy groups -OCH3 is 1. The van der Waals surface area contributed by atoms with Gasteiger partial charge >= 0.3 is 18.9 Å². The fourth-order valence-electron chi connectivity index (χ4n) is 1.48. The summed E-state index contributed by atoms with van der Waals surface area (Å²) in [6, 6.07) is 10.3. The van der Waals surface area contributed by atoms with Crippen molar-refractivity contribution in [3.05, 3.63) is 42.0 Å². The summed E-state index contributed by atoms with van der Waals surface area (Å²) in [5.74, 6) is -0.406. The van der Waals surface area contributed by atoms with Crippen molar-refractivity contribution in [2.75, 3.05) is 7.11 Å². The predicted molar refractivity (Wildman–Crippen MR) is 54.8 cm³/mol. The van der Waals surface area contributed by atoms with E-state index in [1.807, 2.05) is 12.1 Å². The van der Waals surface area contributed by atoms with Gasteiger partial charge in [-0.05, 0) is 34.5 Å². The molecule has 0 radical (unpaired) electrons. The molecule has 4 heteroatoms. The second-order valence-electron chi connectivity index (χ2n) is 3.22. The molecule has 0 aliphatic heterocycles. The zero-order valence-electron chi connectivity index (χ0n) is 9.19. The molecule has 76 valence electrons. The third-order valence-electron chi connectivity index (χ3n) is 2.28. The average Bonchev–Trinajstić information content (AvgIpc) is 2.27. The molecule has 0 atom stereocenters. The Bertz CT molecular complexity index is 523. The van der Waals surface area contributed by atoms with Crippen molar-refractivity contribution in [3.63, 3.8) is 0 Å². The first-order chi connectivity index (χ1) is 7.20. The third-order valence-corrected chi connectivity index (χ3v) is 2.28. The third kappa shape index (κ3) is 2.38. The van der Waals surface area contributed by atoms with Gasteiger partial charge in [-0.1, -0.05) is 18.2 Å². The Morgan fingerprint density at radius 2 is 1.75 bits per heavy atom. The number of hydrogen-bond donors (Lipinski definition) is 0. The monoisotopic (exact) mass is 208 g/mol. The summed E-state index contributed by atoms with van der Waals surface area (Å²) in [6.45, 7) is 0. The van der Waals surface area contributed by atoms with Crippen molar-refractivity contribution < 1.29 is 33.5 Å². The van der Waals surface area contributed by atoms with Gasteiger partial charge < -0.3 is 14.6 Å². The van der Waals surface area contributed by atoms with Gasteiger partial charge in [-0.2, -0.15) is 0 Å². The Kier molecular flexibility index (Phi) is 4.00. The van der Waals surface area contributed by atoms with Gasteiger partial charge in [-0.25, -0.2) is 0 Å².